The van der Waals surface area contributed by atoms with Crippen molar-refractivity contribution in [2.75, 3.05) is 0 Å². The van der Waals surface area contributed by atoms with Crippen molar-refractivity contribution in [1.29, 1.82) is 0 Å². The average molecular weight is 187 g/mol. The summed E-state index contributed by atoms with van der Waals surface area (Å²) >= 11 is 0. The molecule has 0 N–H and O–H groups in total. The van der Waals surface area contributed by atoms with E-state index in [1.807, 2.05) is 18.2 Å². The minimum atomic E-state index is 0.594. The van der Waals surface area contributed by atoms with Gasteiger partial charge in [-0.1, -0.05) is 0 Å². The summed E-state index contributed by atoms with van der Waals surface area (Å²) in [6.07, 6.45) is 9.13. The molecule has 0 unspecified atom stereocenters. The van der Waals surface area contributed by atoms with Crippen LogP contribution in [0.1, 0.15) is 0 Å². The normalized spacial score (nSPS) is 21.7. The summed E-state index contributed by atoms with van der Waals surface area (Å²) in [5.74, 6) is 0.594. The Morgan fingerprint density at radius 2 is 2.07 bits per heavy atom. The van der Waals surface area contributed by atoms with Gasteiger partial charge in [0.05, 0.1) is 5.70 Å². The van der Waals surface area contributed by atoms with Crippen LogP contribution in [0, 0.1) is 0 Å². The average Bonchev–Trinajstić information content (AvgIpc) is 2.29. The van der Waals surface area contributed by atoms with E-state index < -0.39 is 0 Å². The molecule has 3 rings (SSSR count). The smallest absolute Gasteiger partial charge is 0.158 e. The summed E-state index contributed by atoms with van der Waals surface area (Å²) < 4.78 is 0. The monoisotopic (exact) mass is 187 g/mol. The lowest BCUT2D eigenvalue weighted by Crippen LogP contribution is -2.36. The van der Waals surface area contributed by atoms with Crippen molar-refractivity contribution < 1.29 is 0 Å². The van der Waals surface area contributed by atoms with E-state index in [-0.39, 0.29) is 0 Å². The third-order valence-electron chi connectivity index (χ3n) is 1.86. The Bertz CT molecular complexity index is 397. The van der Waals surface area contributed by atoms with Gasteiger partial charge >= 0.3 is 0 Å². The first-order valence-electron chi connectivity index (χ1n) is 4.00. The van der Waals surface area contributed by atoms with Crippen LogP contribution < -0.4 is 0 Å². The molecule has 3 aliphatic rings. The van der Waals surface area contributed by atoms with Gasteiger partial charge in [0.2, 0.25) is 0 Å². The zero-order chi connectivity index (χ0) is 9.38. The zero-order valence-corrected chi connectivity index (χ0v) is 7.02. The molecule has 0 spiro atoms. The molecule has 0 fully saturated rings. The molecule has 0 atom stereocenters. The van der Waals surface area contributed by atoms with Crippen molar-refractivity contribution in [3.8, 4) is 0 Å². The van der Waals surface area contributed by atoms with E-state index in [1.165, 1.54) is 5.12 Å². The molecule has 0 aromatic carbocycles. The number of hydrogen-bond donors (Lipinski definition) is 0. The SMILES string of the molecule is C1=CC2=CC=C3N=NN=NN3N2N=C1. The maximum Gasteiger partial charge on any atom is 0.200 e. The molecule has 3 heterocycles. The number of hydrazine groups is 1. The van der Waals surface area contributed by atoms with Crippen LogP contribution in [0.5, 0.6) is 0 Å². The molecule has 14 heavy (non-hydrogen) atoms. The van der Waals surface area contributed by atoms with Gasteiger partial charge in [0.15, 0.2) is 5.82 Å². The molecule has 0 aliphatic carbocycles. The first kappa shape index (κ1) is 7.13. The number of rotatable bonds is 0. The Balaban J connectivity index is 2.08. The van der Waals surface area contributed by atoms with Crippen LogP contribution in [0.4, 0.5) is 0 Å². The number of nitrogens with zero attached hydrogens (tertiary/aromatic N) is 7. The molecule has 0 radical (unpaired) electrons. The summed E-state index contributed by atoms with van der Waals surface area (Å²) in [5, 5.41) is 21.7. The van der Waals surface area contributed by atoms with E-state index in [0.29, 0.717) is 5.82 Å². The van der Waals surface area contributed by atoms with Crippen LogP contribution in [-0.4, -0.2) is 16.5 Å². The Kier molecular flexibility index (Phi) is 1.32. The Hall–Kier alpha value is -2.31. The lowest BCUT2D eigenvalue weighted by atomic mass is 10.3. The molecule has 0 saturated carbocycles. The van der Waals surface area contributed by atoms with Crippen molar-refractivity contribution in [1.82, 2.24) is 10.2 Å². The third-order valence-corrected chi connectivity index (χ3v) is 1.86. The van der Waals surface area contributed by atoms with Crippen LogP contribution in [0.3, 0.4) is 0 Å². The standard InChI is InChI=1S/C7H5N7/c1-2-6-3-4-7-9-10-11-12-14(7)13(6)8-5-1/h1-5H. The van der Waals surface area contributed by atoms with Crippen molar-refractivity contribution in [2.45, 2.75) is 0 Å². The molecular weight excluding hydrogens is 182 g/mol. The molecule has 0 bridgehead atoms. The molecule has 0 aromatic rings. The van der Waals surface area contributed by atoms with Crippen molar-refractivity contribution in [3.05, 3.63) is 35.8 Å². The van der Waals surface area contributed by atoms with E-state index >= 15 is 0 Å². The predicted octanol–water partition coefficient (Wildman–Crippen LogP) is 1.55. The molecular formula is C7H5N7. The number of hydrazone groups is 1. The first-order chi connectivity index (χ1) is 6.95. The fourth-order valence-electron chi connectivity index (χ4n) is 1.26. The Labute approximate surface area is 79.0 Å². The summed E-state index contributed by atoms with van der Waals surface area (Å²) in [4.78, 5) is 0. The molecule has 3 aliphatic heterocycles. The van der Waals surface area contributed by atoms with Gasteiger partial charge < -0.3 is 0 Å². The second-order valence-corrected chi connectivity index (χ2v) is 2.69. The van der Waals surface area contributed by atoms with Crippen LogP contribution in [0.15, 0.2) is 61.7 Å². The number of fused-ring (bicyclic) bond motifs is 3. The highest BCUT2D eigenvalue weighted by Crippen LogP contribution is 2.26. The van der Waals surface area contributed by atoms with Gasteiger partial charge in [-0.15, -0.1) is 15.4 Å². The molecule has 7 heteroatoms. The maximum absolute atomic E-state index is 4.12. The molecule has 7 nitrogen and oxygen atoms in total. The van der Waals surface area contributed by atoms with E-state index in [9.17, 15) is 0 Å². The van der Waals surface area contributed by atoms with Crippen molar-refractivity contribution >= 4 is 6.21 Å². The van der Waals surface area contributed by atoms with E-state index in [2.05, 4.69) is 25.9 Å². The fourth-order valence-corrected chi connectivity index (χ4v) is 1.26. The Morgan fingerprint density at radius 3 is 3.07 bits per heavy atom. The van der Waals surface area contributed by atoms with Gasteiger partial charge in [-0.25, -0.2) is 0 Å². The highest BCUT2D eigenvalue weighted by atomic mass is 15.9. The zero-order valence-electron chi connectivity index (χ0n) is 7.02. The fraction of sp³-hybridized carbons (Fsp3) is 0. The summed E-state index contributed by atoms with van der Waals surface area (Å²) in [6, 6.07) is 0. The van der Waals surface area contributed by atoms with E-state index in [4.69, 9.17) is 0 Å². The minimum absolute atomic E-state index is 0.594. The second kappa shape index (κ2) is 2.59. The molecule has 0 aromatic heterocycles. The van der Waals surface area contributed by atoms with Crippen LogP contribution >= 0.6 is 0 Å². The van der Waals surface area contributed by atoms with Gasteiger partial charge in [-0.05, 0) is 40.0 Å². The summed E-state index contributed by atoms with van der Waals surface area (Å²) in [7, 11) is 0. The van der Waals surface area contributed by atoms with E-state index in [0.717, 1.165) is 5.70 Å². The van der Waals surface area contributed by atoms with E-state index in [1.54, 1.807) is 17.4 Å². The lowest BCUT2D eigenvalue weighted by Gasteiger charge is -2.32. The van der Waals surface area contributed by atoms with Crippen molar-refractivity contribution in [3.63, 3.8) is 0 Å². The second-order valence-electron chi connectivity index (χ2n) is 2.69. The highest BCUT2D eigenvalue weighted by Gasteiger charge is 2.25. The van der Waals surface area contributed by atoms with Crippen LogP contribution in [0.25, 0.3) is 0 Å². The summed E-state index contributed by atoms with van der Waals surface area (Å²) in [5.41, 5.74) is 0.910. The van der Waals surface area contributed by atoms with Gasteiger partial charge in [0.1, 0.15) is 0 Å². The quantitative estimate of drug-likeness (QED) is 0.577. The number of hydrogen-bond acceptors (Lipinski definition) is 7. The third kappa shape index (κ3) is 0.889. The largest absolute Gasteiger partial charge is 0.200 e. The molecule has 0 amide bonds. The number of allylic oxidation sites excluding steroid dienone is 4. The van der Waals surface area contributed by atoms with Crippen LogP contribution in [-0.2, 0) is 0 Å². The lowest BCUT2D eigenvalue weighted by molar-refractivity contribution is 0.0324. The first-order valence-corrected chi connectivity index (χ1v) is 4.00. The highest BCUT2D eigenvalue weighted by molar-refractivity contribution is 5.73. The molecule has 0 saturated heterocycles. The molecule has 68 valence electrons. The topological polar surface area (TPSA) is 68.3 Å². The van der Waals surface area contributed by atoms with Gasteiger partial charge in [-0.3, -0.25) is 0 Å². The summed E-state index contributed by atoms with van der Waals surface area (Å²) in [6.45, 7) is 0. The van der Waals surface area contributed by atoms with Gasteiger partial charge in [0.25, 0.3) is 0 Å². The van der Waals surface area contributed by atoms with Crippen molar-refractivity contribution in [2.24, 2.45) is 25.9 Å². The minimum Gasteiger partial charge on any atom is -0.158 e. The van der Waals surface area contributed by atoms with Gasteiger partial charge in [-0.2, -0.15) is 5.10 Å². The van der Waals surface area contributed by atoms with Gasteiger partial charge in [0, 0.05) is 6.21 Å². The predicted molar refractivity (Wildman–Crippen MR) is 47.2 cm³/mol. The van der Waals surface area contributed by atoms with Crippen LogP contribution in [0.2, 0.25) is 0 Å². The Morgan fingerprint density at radius 1 is 1.07 bits per heavy atom. The maximum atomic E-state index is 4.12.